The Kier molecular flexibility index (Phi) is 5.37. The van der Waals surface area contributed by atoms with E-state index in [4.69, 9.17) is 4.74 Å². The number of methoxy groups -OCH3 is 1. The van der Waals surface area contributed by atoms with Crippen molar-refractivity contribution in [3.8, 4) is 5.75 Å². The summed E-state index contributed by atoms with van der Waals surface area (Å²) in [5, 5.41) is 3.29. The van der Waals surface area contributed by atoms with Gasteiger partial charge in [-0.05, 0) is 68.2 Å². The van der Waals surface area contributed by atoms with E-state index in [1.54, 1.807) is 7.11 Å². The molecule has 1 saturated carbocycles. The molecule has 0 aromatic heterocycles. The third-order valence-electron chi connectivity index (χ3n) is 6.61. The number of amides is 2. The number of fused-ring (bicyclic) bond motifs is 1. The SMILES string of the molecule is COc1ccc2c(c1)CCC[C@@H]2NC(=O)C1CCN(C(=O)C2CCC2)CC1. The maximum atomic E-state index is 12.8. The fourth-order valence-electron chi connectivity index (χ4n) is 4.63. The molecule has 1 saturated heterocycles. The van der Waals surface area contributed by atoms with Gasteiger partial charge in [-0.2, -0.15) is 0 Å². The van der Waals surface area contributed by atoms with E-state index < -0.39 is 0 Å². The van der Waals surface area contributed by atoms with E-state index in [2.05, 4.69) is 17.4 Å². The fourth-order valence-corrected chi connectivity index (χ4v) is 4.63. The minimum atomic E-state index is 0.0269. The second kappa shape index (κ2) is 7.91. The lowest BCUT2D eigenvalue weighted by molar-refractivity contribution is -0.141. The summed E-state index contributed by atoms with van der Waals surface area (Å²) in [5.41, 5.74) is 2.51. The summed E-state index contributed by atoms with van der Waals surface area (Å²) in [6.07, 6.45) is 7.96. The number of piperidine rings is 1. The van der Waals surface area contributed by atoms with E-state index in [0.717, 1.165) is 63.8 Å². The molecule has 1 aromatic rings. The van der Waals surface area contributed by atoms with Crippen LogP contribution in [-0.4, -0.2) is 36.9 Å². The smallest absolute Gasteiger partial charge is 0.225 e. The molecule has 2 amide bonds. The molecule has 5 heteroatoms. The first-order valence-electron chi connectivity index (χ1n) is 10.4. The van der Waals surface area contributed by atoms with Gasteiger partial charge in [0.1, 0.15) is 5.75 Å². The summed E-state index contributed by atoms with van der Waals surface area (Å²) in [6, 6.07) is 6.27. The molecule has 3 aliphatic rings. The predicted octanol–water partition coefficient (Wildman–Crippen LogP) is 3.23. The van der Waals surface area contributed by atoms with Crippen LogP contribution in [-0.2, 0) is 16.0 Å². The summed E-state index contributed by atoms with van der Waals surface area (Å²) in [6.45, 7) is 1.46. The van der Waals surface area contributed by atoms with Gasteiger partial charge in [-0.3, -0.25) is 9.59 Å². The van der Waals surface area contributed by atoms with Crippen molar-refractivity contribution >= 4 is 11.8 Å². The third-order valence-corrected chi connectivity index (χ3v) is 6.61. The Labute approximate surface area is 161 Å². The number of rotatable bonds is 4. The van der Waals surface area contributed by atoms with Gasteiger partial charge in [0.2, 0.25) is 11.8 Å². The molecule has 0 unspecified atom stereocenters. The molecule has 0 spiro atoms. The monoisotopic (exact) mass is 370 g/mol. The van der Waals surface area contributed by atoms with Crippen molar-refractivity contribution in [2.45, 2.75) is 57.4 Å². The Morgan fingerprint density at radius 2 is 1.81 bits per heavy atom. The number of carbonyl (C=O) groups excluding carboxylic acids is 2. The summed E-state index contributed by atoms with van der Waals surface area (Å²) in [7, 11) is 1.69. The van der Waals surface area contributed by atoms with Gasteiger partial charge in [-0.1, -0.05) is 12.5 Å². The van der Waals surface area contributed by atoms with E-state index >= 15 is 0 Å². The highest BCUT2D eigenvalue weighted by atomic mass is 16.5. The van der Waals surface area contributed by atoms with Crippen molar-refractivity contribution in [1.29, 1.82) is 0 Å². The quantitative estimate of drug-likeness (QED) is 0.885. The Hall–Kier alpha value is -2.04. The maximum absolute atomic E-state index is 12.8. The van der Waals surface area contributed by atoms with Crippen molar-refractivity contribution in [2.24, 2.45) is 11.8 Å². The molecule has 1 N–H and O–H groups in total. The van der Waals surface area contributed by atoms with Crippen LogP contribution >= 0.6 is 0 Å². The lowest BCUT2D eigenvalue weighted by atomic mass is 9.83. The van der Waals surface area contributed by atoms with E-state index in [0.29, 0.717) is 5.91 Å². The van der Waals surface area contributed by atoms with E-state index in [9.17, 15) is 9.59 Å². The molecule has 1 aliphatic heterocycles. The molecule has 1 aromatic carbocycles. The standard InChI is InChI=1S/C22H30N2O3/c1-27-18-8-9-19-17(14-18)6-3-7-20(19)23-21(25)15-10-12-24(13-11-15)22(26)16-4-2-5-16/h8-9,14-16,20H,2-7,10-13H2,1H3,(H,23,25)/t20-/m0/s1. The van der Waals surface area contributed by atoms with E-state index in [-0.39, 0.29) is 23.8 Å². The van der Waals surface area contributed by atoms with Crippen LogP contribution in [0, 0.1) is 11.8 Å². The lowest BCUT2D eigenvalue weighted by Gasteiger charge is -2.36. The van der Waals surface area contributed by atoms with Crippen LogP contribution in [0.25, 0.3) is 0 Å². The van der Waals surface area contributed by atoms with Gasteiger partial charge in [-0.25, -0.2) is 0 Å². The molecule has 5 nitrogen and oxygen atoms in total. The van der Waals surface area contributed by atoms with Crippen LogP contribution in [0.5, 0.6) is 5.75 Å². The summed E-state index contributed by atoms with van der Waals surface area (Å²) in [4.78, 5) is 27.2. The topological polar surface area (TPSA) is 58.6 Å². The van der Waals surface area contributed by atoms with Crippen molar-refractivity contribution in [3.63, 3.8) is 0 Å². The number of benzene rings is 1. The zero-order valence-electron chi connectivity index (χ0n) is 16.2. The first-order chi connectivity index (χ1) is 13.2. The molecule has 1 atom stereocenters. The first kappa shape index (κ1) is 18.3. The van der Waals surface area contributed by atoms with Crippen LogP contribution in [0.2, 0.25) is 0 Å². The van der Waals surface area contributed by atoms with Gasteiger partial charge < -0.3 is 15.0 Å². The van der Waals surface area contributed by atoms with E-state index in [1.807, 2.05) is 11.0 Å². The van der Waals surface area contributed by atoms with Gasteiger partial charge >= 0.3 is 0 Å². The van der Waals surface area contributed by atoms with Gasteiger partial charge in [0.05, 0.1) is 13.2 Å². The predicted molar refractivity (Wildman–Crippen MR) is 103 cm³/mol. The molecular formula is C22H30N2O3. The highest BCUT2D eigenvalue weighted by molar-refractivity contribution is 5.81. The first-order valence-corrected chi connectivity index (χ1v) is 10.4. The molecular weight excluding hydrogens is 340 g/mol. The number of ether oxygens (including phenoxy) is 1. The number of carbonyl (C=O) groups is 2. The molecule has 0 bridgehead atoms. The minimum Gasteiger partial charge on any atom is -0.497 e. The Bertz CT molecular complexity index is 706. The number of nitrogens with zero attached hydrogens (tertiary/aromatic N) is 1. The Morgan fingerprint density at radius 3 is 2.48 bits per heavy atom. The number of aryl methyl sites for hydroxylation is 1. The lowest BCUT2D eigenvalue weighted by Crippen LogP contribution is -2.46. The van der Waals surface area contributed by atoms with Crippen LogP contribution < -0.4 is 10.1 Å². The fraction of sp³-hybridized carbons (Fsp3) is 0.636. The third kappa shape index (κ3) is 3.83. The Morgan fingerprint density at radius 1 is 1.04 bits per heavy atom. The van der Waals surface area contributed by atoms with Crippen molar-refractivity contribution < 1.29 is 14.3 Å². The zero-order valence-corrected chi connectivity index (χ0v) is 16.2. The molecule has 146 valence electrons. The van der Waals surface area contributed by atoms with Gasteiger partial charge in [-0.15, -0.1) is 0 Å². The molecule has 0 radical (unpaired) electrons. The van der Waals surface area contributed by atoms with Crippen molar-refractivity contribution in [1.82, 2.24) is 10.2 Å². The number of nitrogens with one attached hydrogen (secondary N) is 1. The summed E-state index contributed by atoms with van der Waals surface area (Å²) >= 11 is 0. The number of hydrogen-bond acceptors (Lipinski definition) is 3. The molecule has 4 rings (SSSR count). The van der Waals surface area contributed by atoms with Crippen LogP contribution in [0.3, 0.4) is 0 Å². The van der Waals surface area contributed by atoms with Gasteiger partial charge in [0.25, 0.3) is 0 Å². The van der Waals surface area contributed by atoms with Gasteiger partial charge in [0, 0.05) is 24.9 Å². The average Bonchev–Trinajstić information content (AvgIpc) is 2.66. The maximum Gasteiger partial charge on any atom is 0.225 e. The average molecular weight is 370 g/mol. The molecule has 27 heavy (non-hydrogen) atoms. The van der Waals surface area contributed by atoms with Crippen LogP contribution in [0.1, 0.15) is 62.1 Å². The Balaban J connectivity index is 1.33. The molecule has 2 aliphatic carbocycles. The highest BCUT2D eigenvalue weighted by Crippen LogP contribution is 2.33. The van der Waals surface area contributed by atoms with Crippen molar-refractivity contribution in [2.75, 3.05) is 20.2 Å². The number of likely N-dealkylation sites (tertiary alicyclic amines) is 1. The van der Waals surface area contributed by atoms with Crippen LogP contribution in [0.15, 0.2) is 18.2 Å². The summed E-state index contributed by atoms with van der Waals surface area (Å²) < 4.78 is 5.33. The molecule has 1 heterocycles. The van der Waals surface area contributed by atoms with Crippen molar-refractivity contribution in [3.05, 3.63) is 29.3 Å². The normalized spacial score (nSPS) is 23.3. The van der Waals surface area contributed by atoms with Crippen LogP contribution in [0.4, 0.5) is 0 Å². The highest BCUT2D eigenvalue weighted by Gasteiger charge is 2.34. The zero-order chi connectivity index (χ0) is 18.8. The van der Waals surface area contributed by atoms with Gasteiger partial charge in [0.15, 0.2) is 0 Å². The largest absolute Gasteiger partial charge is 0.497 e. The minimum absolute atomic E-state index is 0.0269. The summed E-state index contributed by atoms with van der Waals surface area (Å²) in [5.74, 6) is 1.63. The second-order valence-electron chi connectivity index (χ2n) is 8.25. The molecule has 2 fully saturated rings. The number of hydrogen-bond donors (Lipinski definition) is 1. The van der Waals surface area contributed by atoms with E-state index in [1.165, 1.54) is 17.5 Å². The second-order valence-corrected chi connectivity index (χ2v) is 8.25.